The van der Waals surface area contributed by atoms with Gasteiger partial charge >= 0.3 is 11.1 Å². The average molecular weight is 489 g/mol. The van der Waals surface area contributed by atoms with E-state index in [1.54, 1.807) is 31.2 Å². The molecule has 0 aliphatic rings. The number of fused-ring (bicyclic) bond motifs is 1. The number of nitrogens with zero attached hydrogens (tertiary/aromatic N) is 4. The fraction of sp³-hybridized carbons (Fsp3) is 0.227. The van der Waals surface area contributed by atoms with Crippen molar-refractivity contribution in [2.24, 2.45) is 0 Å². The molecule has 2 aromatic carbocycles. The second-order valence-electron chi connectivity index (χ2n) is 7.51. The Hall–Kier alpha value is -3.21. The van der Waals surface area contributed by atoms with Gasteiger partial charge in [-0.2, -0.15) is 0 Å². The SMILES string of the molecule is CCn1c(=O)c(=O)n(Cc2ncc(-c3cccc(Cl)c3)o2)c2cc(S(=O)(=O)N(C)C)ccc21. The Morgan fingerprint density at radius 1 is 1.03 bits per heavy atom. The van der Waals surface area contributed by atoms with Crippen LogP contribution < -0.4 is 11.1 Å². The normalized spacial score (nSPS) is 12.0. The standard InChI is InChI=1S/C22H21ClN4O5S/c1-4-26-17-9-8-16(33(30,31)25(2)3)11-18(17)27(22(29)21(26)28)13-20-24-12-19(32-20)14-6-5-7-15(23)10-14/h5-12H,4,13H2,1-3H3. The Morgan fingerprint density at radius 3 is 2.42 bits per heavy atom. The van der Waals surface area contributed by atoms with E-state index >= 15 is 0 Å². The summed E-state index contributed by atoms with van der Waals surface area (Å²) in [6.45, 7) is 1.84. The van der Waals surface area contributed by atoms with Gasteiger partial charge in [-0.15, -0.1) is 0 Å². The summed E-state index contributed by atoms with van der Waals surface area (Å²) in [5.41, 5.74) is -0.0892. The molecular formula is C22H21ClN4O5S. The van der Waals surface area contributed by atoms with Crippen LogP contribution in [-0.2, 0) is 23.1 Å². The molecule has 2 aromatic heterocycles. The molecule has 4 aromatic rings. The number of rotatable bonds is 6. The lowest BCUT2D eigenvalue weighted by Gasteiger charge is -2.16. The van der Waals surface area contributed by atoms with Gasteiger partial charge in [0, 0.05) is 31.2 Å². The second-order valence-corrected chi connectivity index (χ2v) is 10.1. The molecule has 0 amide bonds. The van der Waals surface area contributed by atoms with Crippen LogP contribution in [0.1, 0.15) is 12.8 Å². The number of hydrogen-bond acceptors (Lipinski definition) is 6. The zero-order valence-electron chi connectivity index (χ0n) is 18.1. The van der Waals surface area contributed by atoms with Crippen LogP contribution in [0.2, 0.25) is 5.02 Å². The molecular weight excluding hydrogens is 468 g/mol. The van der Waals surface area contributed by atoms with Crippen molar-refractivity contribution in [3.63, 3.8) is 0 Å². The summed E-state index contributed by atoms with van der Waals surface area (Å²) in [5, 5.41) is 0.533. The fourth-order valence-electron chi connectivity index (χ4n) is 3.53. The number of aromatic nitrogens is 3. The van der Waals surface area contributed by atoms with Gasteiger partial charge in [-0.3, -0.25) is 14.2 Å². The molecule has 4 rings (SSSR count). The molecule has 2 heterocycles. The third-order valence-corrected chi connectivity index (χ3v) is 7.30. The molecule has 0 spiro atoms. The highest BCUT2D eigenvalue weighted by Gasteiger charge is 2.21. The van der Waals surface area contributed by atoms with Gasteiger partial charge in [-0.05, 0) is 37.3 Å². The maximum absolute atomic E-state index is 13.0. The first kappa shape index (κ1) is 23.0. The molecule has 9 nitrogen and oxygen atoms in total. The van der Waals surface area contributed by atoms with Crippen LogP contribution in [0.3, 0.4) is 0 Å². The number of halogens is 1. The van der Waals surface area contributed by atoms with Gasteiger partial charge in [0.25, 0.3) is 0 Å². The smallest absolute Gasteiger partial charge is 0.317 e. The number of sulfonamides is 1. The lowest BCUT2D eigenvalue weighted by atomic mass is 10.2. The summed E-state index contributed by atoms with van der Waals surface area (Å²) in [6, 6.07) is 11.4. The highest BCUT2D eigenvalue weighted by Crippen LogP contribution is 2.24. The molecule has 0 fully saturated rings. The molecule has 0 aliphatic carbocycles. The van der Waals surface area contributed by atoms with Crippen molar-refractivity contribution in [3.8, 4) is 11.3 Å². The largest absolute Gasteiger partial charge is 0.439 e. The third-order valence-electron chi connectivity index (χ3n) is 5.25. The molecule has 0 radical (unpaired) electrons. The molecule has 0 unspecified atom stereocenters. The number of oxazole rings is 1. The molecule has 33 heavy (non-hydrogen) atoms. The van der Waals surface area contributed by atoms with Crippen LogP contribution in [0.4, 0.5) is 0 Å². The van der Waals surface area contributed by atoms with Crippen LogP contribution >= 0.6 is 11.6 Å². The molecule has 0 aliphatic heterocycles. The number of benzene rings is 2. The van der Waals surface area contributed by atoms with E-state index in [4.69, 9.17) is 16.0 Å². The van der Waals surface area contributed by atoms with E-state index in [1.165, 1.54) is 47.6 Å². The monoisotopic (exact) mass is 488 g/mol. The highest BCUT2D eigenvalue weighted by molar-refractivity contribution is 7.89. The van der Waals surface area contributed by atoms with Crippen molar-refractivity contribution in [1.82, 2.24) is 18.4 Å². The predicted octanol–water partition coefficient (Wildman–Crippen LogP) is 2.79. The van der Waals surface area contributed by atoms with Crippen molar-refractivity contribution in [3.05, 3.63) is 80.3 Å². The second kappa shape index (κ2) is 8.62. The average Bonchev–Trinajstić information content (AvgIpc) is 3.25. The van der Waals surface area contributed by atoms with Gasteiger partial charge in [-0.1, -0.05) is 23.7 Å². The number of aryl methyl sites for hydroxylation is 1. The summed E-state index contributed by atoms with van der Waals surface area (Å²) in [5.74, 6) is 0.630. The minimum absolute atomic E-state index is 0.00136. The molecule has 11 heteroatoms. The summed E-state index contributed by atoms with van der Waals surface area (Å²) in [7, 11) is -0.917. The van der Waals surface area contributed by atoms with Crippen molar-refractivity contribution in [2.45, 2.75) is 24.9 Å². The van der Waals surface area contributed by atoms with Gasteiger partial charge in [0.05, 0.1) is 22.1 Å². The highest BCUT2D eigenvalue weighted by atomic mass is 35.5. The van der Waals surface area contributed by atoms with Crippen LogP contribution in [0.25, 0.3) is 22.4 Å². The lowest BCUT2D eigenvalue weighted by molar-refractivity contribution is 0.486. The summed E-state index contributed by atoms with van der Waals surface area (Å²) >= 11 is 6.04. The van der Waals surface area contributed by atoms with Gasteiger partial charge in [-0.25, -0.2) is 17.7 Å². The van der Waals surface area contributed by atoms with Crippen LogP contribution in [-0.4, -0.2) is 40.9 Å². The van der Waals surface area contributed by atoms with E-state index in [9.17, 15) is 18.0 Å². The minimum atomic E-state index is -3.76. The first-order chi connectivity index (χ1) is 15.6. The molecule has 0 saturated carbocycles. The van der Waals surface area contributed by atoms with E-state index in [0.717, 1.165) is 4.31 Å². The Bertz CT molecular complexity index is 1580. The third kappa shape index (κ3) is 4.12. The molecule has 0 bridgehead atoms. The minimum Gasteiger partial charge on any atom is -0.439 e. The van der Waals surface area contributed by atoms with Crippen LogP contribution in [0.5, 0.6) is 0 Å². The van der Waals surface area contributed by atoms with Crippen LogP contribution in [0, 0.1) is 0 Å². The molecule has 0 saturated heterocycles. The van der Waals surface area contributed by atoms with Crippen LogP contribution in [0.15, 0.2) is 67.6 Å². The lowest BCUT2D eigenvalue weighted by Crippen LogP contribution is -2.41. The summed E-state index contributed by atoms with van der Waals surface area (Å²) in [6.07, 6.45) is 1.50. The zero-order chi connectivity index (χ0) is 23.9. The Labute approximate surface area is 194 Å². The van der Waals surface area contributed by atoms with Gasteiger partial charge in [0.1, 0.15) is 6.54 Å². The quantitative estimate of drug-likeness (QED) is 0.386. The Balaban J connectivity index is 1.89. The Morgan fingerprint density at radius 2 is 1.76 bits per heavy atom. The zero-order valence-corrected chi connectivity index (χ0v) is 19.7. The van der Waals surface area contributed by atoms with E-state index < -0.39 is 21.1 Å². The topological polar surface area (TPSA) is 107 Å². The van der Waals surface area contributed by atoms with Gasteiger partial charge < -0.3 is 8.98 Å². The number of hydrogen-bond donors (Lipinski definition) is 0. The van der Waals surface area contributed by atoms with Gasteiger partial charge in [0.2, 0.25) is 15.9 Å². The molecule has 172 valence electrons. The molecule has 0 N–H and O–H groups in total. The fourth-order valence-corrected chi connectivity index (χ4v) is 4.65. The van der Waals surface area contributed by atoms with Crippen molar-refractivity contribution >= 4 is 32.7 Å². The maximum atomic E-state index is 13.0. The first-order valence-corrected chi connectivity index (χ1v) is 11.9. The van der Waals surface area contributed by atoms with E-state index in [0.29, 0.717) is 21.9 Å². The van der Waals surface area contributed by atoms with E-state index in [2.05, 4.69) is 4.98 Å². The van der Waals surface area contributed by atoms with Crippen molar-refractivity contribution in [2.75, 3.05) is 14.1 Å². The summed E-state index contributed by atoms with van der Waals surface area (Å²) in [4.78, 5) is 29.9. The van der Waals surface area contributed by atoms with Gasteiger partial charge in [0.15, 0.2) is 5.76 Å². The summed E-state index contributed by atoms with van der Waals surface area (Å²) < 4.78 is 34.7. The van der Waals surface area contributed by atoms with Crippen molar-refractivity contribution < 1.29 is 12.8 Å². The van der Waals surface area contributed by atoms with E-state index in [-0.39, 0.29) is 29.4 Å². The molecule has 0 atom stereocenters. The first-order valence-electron chi connectivity index (χ1n) is 10.0. The Kier molecular flexibility index (Phi) is 6.00. The maximum Gasteiger partial charge on any atom is 0.317 e. The van der Waals surface area contributed by atoms with Crippen molar-refractivity contribution in [1.29, 1.82) is 0 Å². The predicted molar refractivity (Wildman–Crippen MR) is 125 cm³/mol. The van der Waals surface area contributed by atoms with E-state index in [1.807, 2.05) is 0 Å².